The number of sulfonamides is 1. The number of hydrogen-bond acceptors (Lipinski definition) is 4. The summed E-state index contributed by atoms with van der Waals surface area (Å²) in [5.41, 5.74) is 0.965. The van der Waals surface area contributed by atoms with Crippen molar-refractivity contribution in [2.75, 3.05) is 0 Å². The molecular weight excluding hydrogens is 300 g/mol. The number of primary sulfonamides is 1. The molecule has 1 atom stereocenters. The minimum atomic E-state index is -3.79. The zero-order chi connectivity index (χ0) is 14.8. The van der Waals surface area contributed by atoms with Crippen molar-refractivity contribution in [3.05, 3.63) is 52.7 Å². The second-order valence-electron chi connectivity index (χ2n) is 4.39. The van der Waals surface area contributed by atoms with E-state index < -0.39 is 10.0 Å². The Morgan fingerprint density at radius 3 is 2.60 bits per heavy atom. The van der Waals surface area contributed by atoms with Crippen molar-refractivity contribution in [2.45, 2.75) is 24.6 Å². The number of halogens is 1. The van der Waals surface area contributed by atoms with Gasteiger partial charge in [0.05, 0.1) is 6.54 Å². The maximum atomic E-state index is 11.1. The lowest BCUT2D eigenvalue weighted by Crippen LogP contribution is -2.18. The molecular formula is C13H15ClN2O3S. The van der Waals surface area contributed by atoms with Crippen molar-refractivity contribution < 1.29 is 12.8 Å². The lowest BCUT2D eigenvalue weighted by molar-refractivity contribution is 0.393. The first kappa shape index (κ1) is 15.1. The van der Waals surface area contributed by atoms with Gasteiger partial charge in [0.1, 0.15) is 5.76 Å². The minimum absolute atomic E-state index is 0.00623. The van der Waals surface area contributed by atoms with Gasteiger partial charge in [-0.05, 0) is 30.7 Å². The Labute approximate surface area is 122 Å². The van der Waals surface area contributed by atoms with Gasteiger partial charge in [-0.1, -0.05) is 29.8 Å². The van der Waals surface area contributed by atoms with Crippen LogP contribution in [0.15, 0.2) is 45.9 Å². The van der Waals surface area contributed by atoms with Crippen molar-refractivity contribution in [1.29, 1.82) is 0 Å². The van der Waals surface area contributed by atoms with Crippen LogP contribution in [-0.2, 0) is 16.6 Å². The quantitative estimate of drug-likeness (QED) is 0.887. The molecule has 1 aromatic heterocycles. The zero-order valence-corrected chi connectivity index (χ0v) is 12.4. The fourth-order valence-electron chi connectivity index (χ4n) is 1.80. The molecule has 1 heterocycles. The third-order valence-electron chi connectivity index (χ3n) is 2.87. The summed E-state index contributed by atoms with van der Waals surface area (Å²) in [7, 11) is -3.79. The Kier molecular flexibility index (Phi) is 4.49. The predicted octanol–water partition coefficient (Wildman–Crippen LogP) is 2.43. The monoisotopic (exact) mass is 314 g/mol. The summed E-state index contributed by atoms with van der Waals surface area (Å²) in [5.74, 6) is 0.493. The molecule has 0 saturated heterocycles. The molecule has 2 rings (SSSR count). The molecule has 20 heavy (non-hydrogen) atoms. The summed E-state index contributed by atoms with van der Waals surface area (Å²) in [6.45, 7) is 2.34. The number of rotatable bonds is 5. The summed E-state index contributed by atoms with van der Waals surface area (Å²) < 4.78 is 27.3. The van der Waals surface area contributed by atoms with Gasteiger partial charge in [0.25, 0.3) is 10.0 Å². The van der Waals surface area contributed by atoms with Crippen LogP contribution in [0.3, 0.4) is 0 Å². The van der Waals surface area contributed by atoms with Gasteiger partial charge in [-0.3, -0.25) is 0 Å². The van der Waals surface area contributed by atoms with E-state index >= 15 is 0 Å². The fourth-order valence-corrected chi connectivity index (χ4v) is 2.58. The summed E-state index contributed by atoms with van der Waals surface area (Å²) in [6.07, 6.45) is 0. The van der Waals surface area contributed by atoms with Crippen LogP contribution in [0.1, 0.15) is 24.3 Å². The normalized spacial score (nSPS) is 13.3. The molecule has 108 valence electrons. The number of nitrogens with two attached hydrogens (primary N) is 1. The van der Waals surface area contributed by atoms with E-state index in [1.165, 1.54) is 6.07 Å². The van der Waals surface area contributed by atoms with E-state index in [4.69, 9.17) is 21.2 Å². The van der Waals surface area contributed by atoms with Crippen LogP contribution in [-0.4, -0.2) is 8.42 Å². The molecule has 3 N–H and O–H groups in total. The highest BCUT2D eigenvalue weighted by Gasteiger charge is 2.14. The van der Waals surface area contributed by atoms with Gasteiger partial charge in [0.15, 0.2) is 0 Å². The highest BCUT2D eigenvalue weighted by atomic mass is 35.5. The van der Waals surface area contributed by atoms with Gasteiger partial charge in [-0.25, -0.2) is 13.6 Å². The van der Waals surface area contributed by atoms with Gasteiger partial charge >= 0.3 is 0 Å². The Balaban J connectivity index is 2.02. The molecule has 1 aromatic carbocycles. The number of benzene rings is 1. The average Bonchev–Trinajstić information content (AvgIpc) is 2.85. The van der Waals surface area contributed by atoms with Crippen LogP contribution < -0.4 is 10.5 Å². The predicted molar refractivity (Wildman–Crippen MR) is 76.8 cm³/mol. The summed E-state index contributed by atoms with van der Waals surface area (Å²) >= 11 is 6.11. The van der Waals surface area contributed by atoms with Crippen LogP contribution >= 0.6 is 11.6 Å². The molecule has 5 nitrogen and oxygen atoms in total. The summed E-state index contributed by atoms with van der Waals surface area (Å²) in [6, 6.07) is 10.4. The average molecular weight is 315 g/mol. The largest absolute Gasteiger partial charge is 0.447 e. The van der Waals surface area contributed by atoms with Crippen molar-refractivity contribution >= 4 is 21.6 Å². The van der Waals surface area contributed by atoms with Crippen molar-refractivity contribution in [2.24, 2.45) is 5.14 Å². The van der Waals surface area contributed by atoms with E-state index in [0.29, 0.717) is 17.3 Å². The minimum Gasteiger partial charge on any atom is -0.447 e. The first-order valence-electron chi connectivity index (χ1n) is 5.97. The Morgan fingerprint density at radius 2 is 2.00 bits per heavy atom. The van der Waals surface area contributed by atoms with E-state index in [1.54, 1.807) is 6.07 Å². The zero-order valence-electron chi connectivity index (χ0n) is 10.8. The van der Waals surface area contributed by atoms with Crippen LogP contribution in [0.5, 0.6) is 0 Å². The Hall–Kier alpha value is -1.34. The van der Waals surface area contributed by atoms with Crippen LogP contribution in [0.25, 0.3) is 0 Å². The van der Waals surface area contributed by atoms with E-state index in [9.17, 15) is 8.42 Å². The second-order valence-corrected chi connectivity index (χ2v) is 6.29. The number of hydrogen-bond donors (Lipinski definition) is 2. The lowest BCUT2D eigenvalue weighted by Gasteiger charge is -2.14. The second kappa shape index (κ2) is 5.97. The fraction of sp³-hybridized carbons (Fsp3) is 0.231. The maximum Gasteiger partial charge on any atom is 0.271 e. The molecule has 0 amide bonds. The maximum absolute atomic E-state index is 11.1. The standard InChI is InChI=1S/C13H15ClN2O3S/c1-9(11-4-2-3-5-12(11)14)16-8-10-6-7-13(19-10)20(15,17)18/h2-7,9,16H,8H2,1H3,(H2,15,17,18)/t9-/m0/s1. The first-order valence-corrected chi connectivity index (χ1v) is 7.89. The van der Waals surface area contributed by atoms with Crippen LogP contribution in [0, 0.1) is 0 Å². The Morgan fingerprint density at radius 1 is 1.30 bits per heavy atom. The molecule has 2 aromatic rings. The SMILES string of the molecule is C[C@H](NCc1ccc(S(N)(=O)=O)o1)c1ccccc1Cl. The molecule has 0 radical (unpaired) electrons. The van der Waals surface area contributed by atoms with Gasteiger partial charge in [-0.15, -0.1) is 0 Å². The number of furan rings is 1. The Bertz CT molecular complexity index is 697. The molecule has 0 aliphatic heterocycles. The molecule has 0 aliphatic carbocycles. The lowest BCUT2D eigenvalue weighted by atomic mass is 10.1. The van der Waals surface area contributed by atoms with Crippen molar-refractivity contribution in [1.82, 2.24) is 5.32 Å². The van der Waals surface area contributed by atoms with E-state index in [-0.39, 0.29) is 11.1 Å². The molecule has 0 unspecified atom stereocenters. The molecule has 0 saturated carbocycles. The summed E-state index contributed by atoms with van der Waals surface area (Å²) in [4.78, 5) is 0. The van der Waals surface area contributed by atoms with E-state index in [2.05, 4.69) is 5.32 Å². The molecule has 7 heteroatoms. The van der Waals surface area contributed by atoms with Crippen molar-refractivity contribution in [3.63, 3.8) is 0 Å². The molecule has 0 bridgehead atoms. The van der Waals surface area contributed by atoms with Crippen molar-refractivity contribution in [3.8, 4) is 0 Å². The smallest absolute Gasteiger partial charge is 0.271 e. The highest BCUT2D eigenvalue weighted by molar-refractivity contribution is 7.89. The van der Waals surface area contributed by atoms with E-state index in [1.807, 2.05) is 31.2 Å². The van der Waals surface area contributed by atoms with Gasteiger partial charge in [0.2, 0.25) is 5.09 Å². The topological polar surface area (TPSA) is 85.3 Å². The molecule has 0 fully saturated rings. The van der Waals surface area contributed by atoms with E-state index in [0.717, 1.165) is 5.56 Å². The van der Waals surface area contributed by atoms with Gasteiger partial charge in [-0.2, -0.15) is 0 Å². The van der Waals surface area contributed by atoms with Crippen LogP contribution in [0.2, 0.25) is 5.02 Å². The third kappa shape index (κ3) is 3.61. The highest BCUT2D eigenvalue weighted by Crippen LogP contribution is 2.22. The van der Waals surface area contributed by atoms with Gasteiger partial charge < -0.3 is 9.73 Å². The van der Waals surface area contributed by atoms with Gasteiger partial charge in [0, 0.05) is 11.1 Å². The molecule has 0 spiro atoms. The first-order chi connectivity index (χ1) is 9.38. The third-order valence-corrected chi connectivity index (χ3v) is 4.00. The molecule has 0 aliphatic rings. The number of nitrogens with one attached hydrogen (secondary N) is 1. The van der Waals surface area contributed by atoms with Crippen LogP contribution in [0.4, 0.5) is 0 Å². The summed E-state index contributed by atoms with van der Waals surface area (Å²) in [5, 5.41) is 8.63.